The minimum absolute atomic E-state index is 0.144. The van der Waals surface area contributed by atoms with E-state index in [0.29, 0.717) is 0 Å². The van der Waals surface area contributed by atoms with Crippen LogP contribution in [0.25, 0.3) is 0 Å². The Hall–Kier alpha value is -0.900. The van der Waals surface area contributed by atoms with Crippen molar-refractivity contribution in [1.82, 2.24) is 0 Å². The number of carbonyl (C=O) groups excluding carboxylic acids is 2. The van der Waals surface area contributed by atoms with Crippen LogP contribution in [-0.2, 0) is 14.3 Å². The van der Waals surface area contributed by atoms with Crippen LogP contribution in [0.1, 0.15) is 20.3 Å². The molecule has 0 saturated heterocycles. The molecule has 4 heteroatoms. The first kappa shape index (κ1) is 10.2. The molecule has 3 atom stereocenters. The van der Waals surface area contributed by atoms with Gasteiger partial charge in [-0.2, -0.15) is 0 Å². The molecule has 0 aromatic carbocycles. The fraction of sp³-hybridized carbons (Fsp3) is 0.778. The SMILES string of the molecule is COC(=O)C1[C@H](C)CC(=O)[C@]1(C)O. The molecule has 1 rings (SSSR count). The third kappa shape index (κ3) is 1.46. The maximum atomic E-state index is 11.3. The lowest BCUT2D eigenvalue weighted by Gasteiger charge is -2.23. The number of hydrogen-bond acceptors (Lipinski definition) is 4. The van der Waals surface area contributed by atoms with E-state index in [2.05, 4.69) is 4.74 Å². The number of Topliss-reactive ketones (excluding diaryl/α,β-unsaturated/α-hetero) is 1. The maximum absolute atomic E-state index is 11.3. The Kier molecular flexibility index (Phi) is 2.43. The Morgan fingerprint density at radius 1 is 1.69 bits per heavy atom. The first-order valence-corrected chi connectivity index (χ1v) is 4.24. The summed E-state index contributed by atoms with van der Waals surface area (Å²) in [5.41, 5.74) is -1.55. The lowest BCUT2D eigenvalue weighted by Crippen LogP contribution is -2.42. The molecule has 0 spiro atoms. The van der Waals surface area contributed by atoms with Crippen LogP contribution < -0.4 is 0 Å². The van der Waals surface area contributed by atoms with Crippen molar-refractivity contribution in [2.75, 3.05) is 7.11 Å². The fourth-order valence-corrected chi connectivity index (χ4v) is 1.93. The monoisotopic (exact) mass is 186 g/mol. The van der Waals surface area contributed by atoms with Crippen molar-refractivity contribution < 1.29 is 19.4 Å². The summed E-state index contributed by atoms with van der Waals surface area (Å²) in [6.07, 6.45) is 0.243. The predicted molar refractivity (Wildman–Crippen MR) is 44.9 cm³/mol. The second kappa shape index (κ2) is 3.10. The molecule has 0 aromatic rings. The summed E-state index contributed by atoms with van der Waals surface area (Å²) >= 11 is 0. The van der Waals surface area contributed by atoms with Gasteiger partial charge >= 0.3 is 5.97 Å². The zero-order valence-electron chi connectivity index (χ0n) is 8.03. The largest absolute Gasteiger partial charge is 0.469 e. The van der Waals surface area contributed by atoms with E-state index in [1.54, 1.807) is 6.92 Å². The van der Waals surface area contributed by atoms with Gasteiger partial charge < -0.3 is 9.84 Å². The summed E-state index contributed by atoms with van der Waals surface area (Å²) in [5.74, 6) is -1.65. The Labute approximate surface area is 76.9 Å². The van der Waals surface area contributed by atoms with Gasteiger partial charge in [0.05, 0.1) is 13.0 Å². The topological polar surface area (TPSA) is 63.6 Å². The Morgan fingerprint density at radius 3 is 2.54 bits per heavy atom. The molecule has 1 unspecified atom stereocenters. The fourth-order valence-electron chi connectivity index (χ4n) is 1.93. The quantitative estimate of drug-likeness (QED) is 0.591. The van der Waals surface area contributed by atoms with Crippen molar-refractivity contribution in [3.8, 4) is 0 Å². The highest BCUT2D eigenvalue weighted by Gasteiger charge is 2.53. The molecule has 0 bridgehead atoms. The number of ether oxygens (including phenoxy) is 1. The summed E-state index contributed by atoms with van der Waals surface area (Å²) in [7, 11) is 1.26. The van der Waals surface area contributed by atoms with Crippen molar-refractivity contribution in [3.05, 3.63) is 0 Å². The third-order valence-electron chi connectivity index (χ3n) is 2.70. The molecule has 0 amide bonds. The molecule has 0 aromatic heterocycles. The lowest BCUT2D eigenvalue weighted by atomic mass is 9.88. The van der Waals surface area contributed by atoms with E-state index in [-0.39, 0.29) is 18.1 Å². The molecule has 1 fully saturated rings. The van der Waals surface area contributed by atoms with Gasteiger partial charge in [-0.1, -0.05) is 6.92 Å². The van der Waals surface area contributed by atoms with E-state index < -0.39 is 17.5 Å². The zero-order chi connectivity index (χ0) is 10.2. The summed E-state index contributed by atoms with van der Waals surface area (Å²) in [4.78, 5) is 22.5. The number of rotatable bonds is 1. The molecule has 4 nitrogen and oxygen atoms in total. The van der Waals surface area contributed by atoms with E-state index >= 15 is 0 Å². The molecular formula is C9H14O4. The van der Waals surface area contributed by atoms with Crippen molar-refractivity contribution in [2.45, 2.75) is 25.9 Å². The highest BCUT2D eigenvalue weighted by molar-refractivity contribution is 5.95. The van der Waals surface area contributed by atoms with E-state index in [1.165, 1.54) is 14.0 Å². The van der Waals surface area contributed by atoms with Crippen molar-refractivity contribution in [2.24, 2.45) is 11.8 Å². The highest BCUT2D eigenvalue weighted by atomic mass is 16.5. The summed E-state index contributed by atoms with van der Waals surface area (Å²) in [6.45, 7) is 3.14. The van der Waals surface area contributed by atoms with Crippen LogP contribution >= 0.6 is 0 Å². The average Bonchev–Trinajstić information content (AvgIpc) is 2.21. The average molecular weight is 186 g/mol. The smallest absolute Gasteiger partial charge is 0.312 e. The van der Waals surface area contributed by atoms with Gasteiger partial charge in [0.2, 0.25) is 0 Å². The summed E-state index contributed by atoms with van der Waals surface area (Å²) < 4.78 is 4.54. The third-order valence-corrected chi connectivity index (χ3v) is 2.70. The minimum Gasteiger partial charge on any atom is -0.469 e. The number of hydrogen-bond donors (Lipinski definition) is 1. The maximum Gasteiger partial charge on any atom is 0.312 e. The van der Waals surface area contributed by atoms with Crippen molar-refractivity contribution in [3.63, 3.8) is 0 Å². The first-order valence-electron chi connectivity index (χ1n) is 4.24. The molecule has 1 aliphatic rings. The second-order valence-corrected chi connectivity index (χ2v) is 3.75. The highest BCUT2D eigenvalue weighted by Crippen LogP contribution is 2.37. The van der Waals surface area contributed by atoms with Gasteiger partial charge in [0.15, 0.2) is 5.78 Å². The van der Waals surface area contributed by atoms with Crippen LogP contribution in [0.5, 0.6) is 0 Å². The normalized spacial score (nSPS) is 39.2. The number of carbonyl (C=O) groups is 2. The number of aliphatic hydroxyl groups is 1. The molecule has 74 valence electrons. The van der Waals surface area contributed by atoms with Gasteiger partial charge in [-0.25, -0.2) is 0 Å². The molecule has 1 saturated carbocycles. The van der Waals surface area contributed by atoms with Crippen LogP contribution in [0, 0.1) is 11.8 Å². The van der Waals surface area contributed by atoms with Crippen LogP contribution in [-0.4, -0.2) is 29.6 Å². The minimum atomic E-state index is -1.55. The van der Waals surface area contributed by atoms with Crippen LogP contribution in [0.2, 0.25) is 0 Å². The molecule has 0 heterocycles. The number of ketones is 1. The summed E-state index contributed by atoms with van der Waals surface area (Å²) in [5, 5.41) is 9.74. The van der Waals surface area contributed by atoms with E-state index in [4.69, 9.17) is 0 Å². The van der Waals surface area contributed by atoms with Crippen molar-refractivity contribution in [1.29, 1.82) is 0 Å². The Morgan fingerprint density at radius 2 is 2.23 bits per heavy atom. The second-order valence-electron chi connectivity index (χ2n) is 3.75. The van der Waals surface area contributed by atoms with Gasteiger partial charge in [0.25, 0.3) is 0 Å². The standard InChI is InChI=1S/C9H14O4/c1-5-4-6(10)9(2,12)7(5)8(11)13-3/h5,7,12H,4H2,1-3H3/t5-,7?,9+/m1/s1. The zero-order valence-corrected chi connectivity index (χ0v) is 8.03. The number of methoxy groups -OCH3 is 1. The van der Waals surface area contributed by atoms with E-state index in [9.17, 15) is 14.7 Å². The molecule has 1 aliphatic carbocycles. The molecule has 0 radical (unpaired) electrons. The van der Waals surface area contributed by atoms with Crippen molar-refractivity contribution >= 4 is 11.8 Å². The number of esters is 1. The predicted octanol–water partition coefficient (Wildman–Crippen LogP) is 0.135. The first-order chi connectivity index (χ1) is 5.91. The molecule has 0 aliphatic heterocycles. The molecule has 1 N–H and O–H groups in total. The van der Waals surface area contributed by atoms with Gasteiger partial charge in [-0.3, -0.25) is 9.59 Å². The van der Waals surface area contributed by atoms with Gasteiger partial charge in [0, 0.05) is 6.42 Å². The van der Waals surface area contributed by atoms with Crippen LogP contribution in [0.3, 0.4) is 0 Å². The lowest BCUT2D eigenvalue weighted by molar-refractivity contribution is -0.158. The van der Waals surface area contributed by atoms with E-state index in [0.717, 1.165) is 0 Å². The molecular weight excluding hydrogens is 172 g/mol. The Balaban J connectivity index is 2.95. The van der Waals surface area contributed by atoms with Crippen LogP contribution in [0.15, 0.2) is 0 Å². The molecule has 13 heavy (non-hydrogen) atoms. The van der Waals surface area contributed by atoms with Crippen LogP contribution in [0.4, 0.5) is 0 Å². The van der Waals surface area contributed by atoms with Gasteiger partial charge in [0.1, 0.15) is 5.60 Å². The van der Waals surface area contributed by atoms with Gasteiger partial charge in [-0.05, 0) is 12.8 Å². The summed E-state index contributed by atoms with van der Waals surface area (Å²) in [6, 6.07) is 0. The van der Waals surface area contributed by atoms with E-state index in [1.807, 2.05) is 0 Å². The Bertz CT molecular complexity index is 244. The van der Waals surface area contributed by atoms with Gasteiger partial charge in [-0.15, -0.1) is 0 Å².